The minimum atomic E-state index is -0.829. The predicted octanol–water partition coefficient (Wildman–Crippen LogP) is 6.25. The minimum absolute atomic E-state index is 0.00849. The summed E-state index contributed by atoms with van der Waals surface area (Å²) in [5, 5.41) is 8.97. The molecule has 194 valence electrons. The highest BCUT2D eigenvalue weighted by Gasteiger charge is 2.25. The standard InChI is InChI=1S/C31H30FN3O3/c32-25-13-10-23(11-14-25)30-27(8-4-5-9-29(36)37)33-28-20-24(12-15-26(28)34-30)31(38)35-18-16-22(17-19-35)21-6-2-1-3-7-21/h1-3,6-7,10-15,20,22H,4-5,8-9,16-19H2,(H,36,37). The summed E-state index contributed by atoms with van der Waals surface area (Å²) in [5.74, 6) is -0.701. The molecule has 0 atom stereocenters. The fourth-order valence-electron chi connectivity index (χ4n) is 5.13. The molecule has 1 aliphatic heterocycles. The van der Waals surface area contributed by atoms with Crippen LogP contribution in [0.2, 0.25) is 0 Å². The molecule has 7 heteroatoms. The molecular formula is C31H30FN3O3. The number of hydrogen-bond donors (Lipinski definition) is 1. The van der Waals surface area contributed by atoms with Crippen LogP contribution in [0.5, 0.6) is 0 Å². The zero-order chi connectivity index (χ0) is 26.5. The molecule has 1 aromatic heterocycles. The van der Waals surface area contributed by atoms with E-state index < -0.39 is 5.97 Å². The van der Waals surface area contributed by atoms with Crippen LogP contribution in [0.15, 0.2) is 72.8 Å². The number of carboxylic acids is 1. The summed E-state index contributed by atoms with van der Waals surface area (Å²) in [7, 11) is 0. The van der Waals surface area contributed by atoms with E-state index >= 15 is 0 Å². The number of carboxylic acid groups (broad SMARTS) is 1. The number of piperidine rings is 1. The Bertz CT molecular complexity index is 1430. The van der Waals surface area contributed by atoms with Gasteiger partial charge >= 0.3 is 5.97 Å². The van der Waals surface area contributed by atoms with Gasteiger partial charge in [-0.2, -0.15) is 0 Å². The van der Waals surface area contributed by atoms with Gasteiger partial charge in [-0.1, -0.05) is 30.3 Å². The fraction of sp³-hybridized carbons (Fsp3) is 0.290. The van der Waals surface area contributed by atoms with Gasteiger partial charge in [-0.05, 0) is 86.1 Å². The highest BCUT2D eigenvalue weighted by atomic mass is 19.1. The Morgan fingerprint density at radius 1 is 0.895 bits per heavy atom. The third-order valence-corrected chi connectivity index (χ3v) is 7.21. The molecule has 0 bridgehead atoms. The van der Waals surface area contributed by atoms with Gasteiger partial charge in [0.2, 0.25) is 0 Å². The van der Waals surface area contributed by atoms with E-state index in [9.17, 15) is 14.0 Å². The zero-order valence-corrected chi connectivity index (χ0v) is 21.1. The molecule has 1 fully saturated rings. The van der Waals surface area contributed by atoms with Crippen molar-refractivity contribution in [3.05, 3.63) is 95.4 Å². The maximum absolute atomic E-state index is 13.5. The van der Waals surface area contributed by atoms with Gasteiger partial charge in [0, 0.05) is 30.6 Å². The highest BCUT2D eigenvalue weighted by molar-refractivity contribution is 5.97. The summed E-state index contributed by atoms with van der Waals surface area (Å²) in [6, 6.07) is 22.0. The molecule has 1 saturated heterocycles. The van der Waals surface area contributed by atoms with Crippen molar-refractivity contribution in [1.29, 1.82) is 0 Å². The molecular weight excluding hydrogens is 481 g/mol. The lowest BCUT2D eigenvalue weighted by Gasteiger charge is -2.32. The van der Waals surface area contributed by atoms with E-state index in [0.29, 0.717) is 66.3 Å². The summed E-state index contributed by atoms with van der Waals surface area (Å²) in [5.41, 5.74) is 5.28. The number of benzene rings is 3. The third kappa shape index (κ3) is 5.88. The molecule has 4 aromatic rings. The Kier molecular flexibility index (Phi) is 7.73. The molecule has 5 rings (SSSR count). The van der Waals surface area contributed by atoms with Crippen molar-refractivity contribution in [2.24, 2.45) is 0 Å². The number of hydrogen-bond acceptors (Lipinski definition) is 4. The average molecular weight is 512 g/mol. The van der Waals surface area contributed by atoms with Crippen molar-refractivity contribution >= 4 is 22.9 Å². The maximum atomic E-state index is 13.5. The third-order valence-electron chi connectivity index (χ3n) is 7.21. The van der Waals surface area contributed by atoms with Crippen molar-refractivity contribution in [2.45, 2.75) is 44.4 Å². The molecule has 1 N–H and O–H groups in total. The number of fused-ring (bicyclic) bond motifs is 1. The Hall–Kier alpha value is -4.13. The molecule has 0 aliphatic carbocycles. The van der Waals surface area contributed by atoms with Crippen molar-refractivity contribution < 1.29 is 19.1 Å². The largest absolute Gasteiger partial charge is 0.481 e. The average Bonchev–Trinajstić information content (AvgIpc) is 2.95. The number of unbranched alkanes of at least 4 members (excludes halogenated alkanes) is 1. The lowest BCUT2D eigenvalue weighted by Crippen LogP contribution is -2.37. The van der Waals surface area contributed by atoms with Gasteiger partial charge in [-0.15, -0.1) is 0 Å². The van der Waals surface area contributed by atoms with Crippen LogP contribution in [0.25, 0.3) is 22.3 Å². The second-order valence-corrected chi connectivity index (χ2v) is 9.81. The summed E-state index contributed by atoms with van der Waals surface area (Å²) >= 11 is 0. The van der Waals surface area contributed by atoms with Crippen LogP contribution < -0.4 is 0 Å². The van der Waals surface area contributed by atoms with Crippen molar-refractivity contribution in [3.63, 3.8) is 0 Å². The Morgan fingerprint density at radius 2 is 1.63 bits per heavy atom. The lowest BCUT2D eigenvalue weighted by molar-refractivity contribution is -0.137. The Balaban J connectivity index is 1.37. The summed E-state index contributed by atoms with van der Waals surface area (Å²) in [4.78, 5) is 35.9. The van der Waals surface area contributed by atoms with Crippen molar-refractivity contribution in [3.8, 4) is 11.3 Å². The normalized spacial score (nSPS) is 14.1. The van der Waals surface area contributed by atoms with E-state index in [2.05, 4.69) is 24.3 Å². The number of rotatable bonds is 8. The molecule has 1 aliphatic rings. The SMILES string of the molecule is O=C(O)CCCCc1nc2cc(C(=O)N3CCC(c4ccccc4)CC3)ccc2nc1-c1ccc(F)cc1. The summed E-state index contributed by atoms with van der Waals surface area (Å²) in [6.45, 7) is 1.42. The summed E-state index contributed by atoms with van der Waals surface area (Å²) in [6.07, 6.45) is 3.65. The van der Waals surface area contributed by atoms with Crippen LogP contribution in [0.4, 0.5) is 4.39 Å². The highest BCUT2D eigenvalue weighted by Crippen LogP contribution is 2.29. The van der Waals surface area contributed by atoms with Gasteiger partial charge in [0.25, 0.3) is 5.91 Å². The van der Waals surface area contributed by atoms with Crippen molar-refractivity contribution in [1.82, 2.24) is 14.9 Å². The smallest absolute Gasteiger partial charge is 0.303 e. The van der Waals surface area contributed by atoms with E-state index in [1.54, 1.807) is 24.3 Å². The molecule has 0 radical (unpaired) electrons. The van der Waals surface area contributed by atoms with Gasteiger partial charge in [0.15, 0.2) is 0 Å². The number of amides is 1. The lowest BCUT2D eigenvalue weighted by atomic mass is 9.89. The molecule has 38 heavy (non-hydrogen) atoms. The number of nitrogens with zero attached hydrogens (tertiary/aromatic N) is 3. The molecule has 0 spiro atoms. The molecule has 6 nitrogen and oxygen atoms in total. The van der Waals surface area contributed by atoms with E-state index in [-0.39, 0.29) is 18.1 Å². The van der Waals surface area contributed by atoms with Crippen LogP contribution in [0, 0.1) is 5.82 Å². The summed E-state index contributed by atoms with van der Waals surface area (Å²) < 4.78 is 13.5. The van der Waals surface area contributed by atoms with Gasteiger partial charge in [0.1, 0.15) is 5.82 Å². The van der Waals surface area contributed by atoms with Gasteiger partial charge < -0.3 is 10.0 Å². The second kappa shape index (κ2) is 11.5. The predicted molar refractivity (Wildman–Crippen MR) is 144 cm³/mol. The number of carbonyl (C=O) groups excluding carboxylic acids is 1. The van der Waals surface area contributed by atoms with Crippen LogP contribution in [-0.4, -0.2) is 44.9 Å². The van der Waals surface area contributed by atoms with E-state index in [1.165, 1.54) is 17.7 Å². The van der Waals surface area contributed by atoms with Gasteiger partial charge in [0.05, 0.1) is 22.4 Å². The van der Waals surface area contributed by atoms with Crippen LogP contribution in [0.1, 0.15) is 59.6 Å². The van der Waals surface area contributed by atoms with E-state index in [1.807, 2.05) is 17.0 Å². The van der Waals surface area contributed by atoms with Crippen LogP contribution in [-0.2, 0) is 11.2 Å². The fourth-order valence-corrected chi connectivity index (χ4v) is 5.13. The first kappa shape index (κ1) is 25.5. The number of likely N-dealkylation sites (tertiary alicyclic amines) is 1. The first-order valence-corrected chi connectivity index (χ1v) is 13.1. The molecule has 3 aromatic carbocycles. The first-order valence-electron chi connectivity index (χ1n) is 13.1. The quantitative estimate of drug-likeness (QED) is 0.283. The molecule has 0 unspecified atom stereocenters. The molecule has 2 heterocycles. The van der Waals surface area contributed by atoms with Gasteiger partial charge in [-0.25, -0.2) is 14.4 Å². The van der Waals surface area contributed by atoms with Crippen molar-refractivity contribution in [2.75, 3.05) is 13.1 Å². The number of carbonyl (C=O) groups is 2. The van der Waals surface area contributed by atoms with E-state index in [4.69, 9.17) is 15.1 Å². The Morgan fingerprint density at radius 3 is 2.34 bits per heavy atom. The first-order chi connectivity index (χ1) is 18.5. The number of aliphatic carboxylic acids is 1. The number of aryl methyl sites for hydroxylation is 1. The van der Waals surface area contributed by atoms with Crippen LogP contribution in [0.3, 0.4) is 0 Å². The van der Waals surface area contributed by atoms with Crippen LogP contribution >= 0.6 is 0 Å². The molecule has 0 saturated carbocycles. The molecule has 1 amide bonds. The topological polar surface area (TPSA) is 83.4 Å². The Labute approximate surface area is 221 Å². The van der Waals surface area contributed by atoms with Gasteiger partial charge in [-0.3, -0.25) is 9.59 Å². The number of halogens is 1. The van der Waals surface area contributed by atoms with E-state index in [0.717, 1.165) is 18.4 Å². The second-order valence-electron chi connectivity index (χ2n) is 9.81. The number of aromatic nitrogens is 2. The minimum Gasteiger partial charge on any atom is -0.481 e. The maximum Gasteiger partial charge on any atom is 0.303 e. The zero-order valence-electron chi connectivity index (χ0n) is 21.1. The monoisotopic (exact) mass is 511 g/mol.